The third-order valence-corrected chi connectivity index (χ3v) is 7.46. The van der Waals surface area contributed by atoms with Gasteiger partial charge in [0, 0.05) is 29.8 Å². The second-order valence-electron chi connectivity index (χ2n) is 12.5. The number of nitrogens with two attached hydrogens (primary N) is 1. The van der Waals surface area contributed by atoms with E-state index >= 15 is 0 Å². The lowest BCUT2D eigenvalue weighted by Gasteiger charge is -2.23. The summed E-state index contributed by atoms with van der Waals surface area (Å²) in [4.78, 5) is 75.8. The van der Waals surface area contributed by atoms with Gasteiger partial charge < -0.3 is 30.4 Å². The molecule has 0 saturated heterocycles. The van der Waals surface area contributed by atoms with Crippen molar-refractivity contribution in [2.24, 2.45) is 10.7 Å². The van der Waals surface area contributed by atoms with E-state index in [1.165, 1.54) is 29.2 Å². The van der Waals surface area contributed by atoms with Crippen molar-refractivity contribution in [2.45, 2.75) is 45.8 Å². The number of unbranched alkanes of at least 4 members (excludes halogenated alkanes) is 1. The monoisotopic (exact) mass is 729 g/mol. The molecule has 52 heavy (non-hydrogen) atoms. The van der Waals surface area contributed by atoms with Crippen LogP contribution in [0.2, 0.25) is 5.15 Å². The number of aromatic amines is 1. The molecule has 0 spiro atoms. The molecule has 3 aromatic carbocycles. The van der Waals surface area contributed by atoms with Gasteiger partial charge in [0.15, 0.2) is 11.0 Å². The van der Waals surface area contributed by atoms with Crippen molar-refractivity contribution in [3.05, 3.63) is 117 Å². The fourth-order valence-corrected chi connectivity index (χ4v) is 4.98. The van der Waals surface area contributed by atoms with E-state index in [1.807, 2.05) is 24.3 Å². The fourth-order valence-electron chi connectivity index (χ4n) is 4.74. The molecular formula is C37H40ClN7O7. The molecule has 14 nitrogen and oxygen atoms in total. The molecule has 4 amide bonds. The minimum absolute atomic E-state index is 0.0150. The van der Waals surface area contributed by atoms with E-state index in [1.54, 1.807) is 57.2 Å². The Hall–Kier alpha value is -6.02. The number of benzene rings is 3. The number of imide groups is 1. The summed E-state index contributed by atoms with van der Waals surface area (Å²) in [7, 11) is 0. The Morgan fingerprint density at radius 1 is 0.923 bits per heavy atom. The zero-order valence-electron chi connectivity index (χ0n) is 29.0. The van der Waals surface area contributed by atoms with Crippen molar-refractivity contribution in [1.82, 2.24) is 20.6 Å². The first-order valence-corrected chi connectivity index (χ1v) is 16.7. The first kappa shape index (κ1) is 38.8. The maximum atomic E-state index is 13.3. The highest BCUT2D eigenvalue weighted by Gasteiger charge is 2.21. The fraction of sp³-hybridized carbons (Fsp3) is 0.270. The maximum Gasteiger partial charge on any atom is 0.435 e. The molecule has 0 aliphatic carbocycles. The zero-order valence-corrected chi connectivity index (χ0v) is 29.7. The van der Waals surface area contributed by atoms with Crippen molar-refractivity contribution in [1.29, 1.82) is 0 Å². The predicted octanol–water partition coefficient (Wildman–Crippen LogP) is 5.20. The number of nitrogens with one attached hydrogen (secondary N) is 3. The van der Waals surface area contributed by atoms with E-state index < -0.39 is 41.7 Å². The van der Waals surface area contributed by atoms with Crippen LogP contribution in [0.15, 0.2) is 94.7 Å². The molecule has 0 radical (unpaired) electrons. The average molecular weight is 730 g/mol. The number of H-pyrrole nitrogens is 1. The number of amidine groups is 1. The molecule has 0 fully saturated rings. The number of halogens is 1. The maximum absolute atomic E-state index is 13.3. The summed E-state index contributed by atoms with van der Waals surface area (Å²) < 4.78 is 10.4. The first-order chi connectivity index (χ1) is 24.8. The number of hydrogen-bond donors (Lipinski definition) is 4. The highest BCUT2D eigenvalue weighted by Crippen LogP contribution is 2.24. The number of carbonyl (C=O) groups is 4. The molecule has 1 heterocycles. The molecule has 0 aliphatic rings. The van der Waals surface area contributed by atoms with Gasteiger partial charge >= 0.3 is 12.2 Å². The van der Waals surface area contributed by atoms with Crippen LogP contribution in [-0.2, 0) is 20.9 Å². The molecule has 1 aromatic heterocycles. The summed E-state index contributed by atoms with van der Waals surface area (Å²) in [6, 6.07) is 23.8. The lowest BCUT2D eigenvalue weighted by Crippen LogP contribution is -2.43. The van der Waals surface area contributed by atoms with Crippen molar-refractivity contribution < 1.29 is 28.7 Å². The minimum atomic E-state index is -0.873. The second-order valence-corrected chi connectivity index (χ2v) is 12.8. The van der Waals surface area contributed by atoms with Gasteiger partial charge in [-0.3, -0.25) is 19.7 Å². The highest BCUT2D eigenvalue weighted by atomic mass is 35.5. The lowest BCUT2D eigenvalue weighted by molar-refractivity contribution is -0.118. The van der Waals surface area contributed by atoms with Crippen LogP contribution >= 0.6 is 11.6 Å². The van der Waals surface area contributed by atoms with Crippen LogP contribution in [0, 0.1) is 0 Å². The second kappa shape index (κ2) is 18.3. The van der Waals surface area contributed by atoms with Crippen LogP contribution in [0.3, 0.4) is 0 Å². The van der Waals surface area contributed by atoms with Crippen molar-refractivity contribution in [3.8, 4) is 11.3 Å². The van der Waals surface area contributed by atoms with Gasteiger partial charge in [-0.1, -0.05) is 84.4 Å². The van der Waals surface area contributed by atoms with Crippen molar-refractivity contribution >= 4 is 47.3 Å². The van der Waals surface area contributed by atoms with Crippen molar-refractivity contribution in [2.75, 3.05) is 24.5 Å². The minimum Gasteiger partial charge on any atom is -0.444 e. The molecule has 0 aliphatic heterocycles. The molecule has 0 saturated carbocycles. The standard InChI is InChI=1S/C37H40ClN7O7/c1-37(2,3)52-35(49)40-20-10-11-21-45(32-34(48)42-29(30(38)43-32)25-14-8-5-9-15-25)22-28(46)41-33(47)27-18-16-26(17-19-27)31(39)44-36(50)51-23-24-12-6-4-7-13-24/h4-9,12-19H,10-11,20-23H2,1-3H3,(H,40,49)(H,42,48)(H2,39,44,50)(H,41,46,47). The quantitative estimate of drug-likeness (QED) is 0.0806. The summed E-state index contributed by atoms with van der Waals surface area (Å²) in [5.74, 6) is -1.66. The van der Waals surface area contributed by atoms with Crippen LogP contribution < -0.4 is 26.8 Å². The number of amides is 4. The van der Waals surface area contributed by atoms with E-state index in [-0.39, 0.29) is 42.1 Å². The summed E-state index contributed by atoms with van der Waals surface area (Å²) in [5.41, 5.74) is 6.96. The number of aliphatic imine (C=N–C) groups is 1. The van der Waals surface area contributed by atoms with Gasteiger partial charge in [0.05, 0.1) is 12.2 Å². The van der Waals surface area contributed by atoms with Gasteiger partial charge in [-0.05, 0) is 51.3 Å². The van der Waals surface area contributed by atoms with Crippen molar-refractivity contribution in [3.63, 3.8) is 0 Å². The highest BCUT2D eigenvalue weighted by molar-refractivity contribution is 6.31. The SMILES string of the molecule is CC(C)(C)OC(=O)NCCCCN(CC(=O)NC(=O)c1ccc(C(N)=NC(=O)OCc2ccccc2)cc1)c1nc(Cl)c(-c2ccccc2)[nH]c1=O. The number of carbonyl (C=O) groups excluding carboxylic acids is 4. The van der Waals surface area contributed by atoms with Crippen LogP contribution in [0.5, 0.6) is 0 Å². The van der Waals surface area contributed by atoms with E-state index in [4.69, 9.17) is 26.8 Å². The van der Waals surface area contributed by atoms with Gasteiger partial charge in [0.1, 0.15) is 18.0 Å². The first-order valence-electron chi connectivity index (χ1n) is 16.4. The molecule has 0 bridgehead atoms. The molecule has 0 unspecified atom stereocenters. The van der Waals surface area contributed by atoms with E-state index in [0.29, 0.717) is 29.7 Å². The average Bonchev–Trinajstić information content (AvgIpc) is 3.11. The smallest absolute Gasteiger partial charge is 0.435 e. The van der Waals surface area contributed by atoms with Crippen LogP contribution in [0.1, 0.15) is 55.1 Å². The Labute approximate surface area is 305 Å². The van der Waals surface area contributed by atoms with Gasteiger partial charge in [0.2, 0.25) is 5.91 Å². The molecule has 272 valence electrons. The van der Waals surface area contributed by atoms with E-state index in [9.17, 15) is 24.0 Å². The number of nitrogens with zero attached hydrogens (tertiary/aromatic N) is 3. The molecule has 4 rings (SSSR count). The summed E-state index contributed by atoms with van der Waals surface area (Å²) >= 11 is 6.49. The Kier molecular flexibility index (Phi) is 13.6. The Bertz CT molecular complexity index is 1950. The van der Waals surface area contributed by atoms with Crippen LogP contribution in [-0.4, -0.2) is 65.0 Å². The summed E-state index contributed by atoms with van der Waals surface area (Å²) in [6.07, 6.45) is -0.525. The number of alkyl carbamates (subject to hydrolysis) is 1. The van der Waals surface area contributed by atoms with Gasteiger partial charge in [-0.25, -0.2) is 14.6 Å². The number of rotatable bonds is 13. The van der Waals surface area contributed by atoms with Crippen LogP contribution in [0.4, 0.5) is 15.4 Å². The topological polar surface area (TPSA) is 198 Å². The lowest BCUT2D eigenvalue weighted by atomic mass is 10.1. The number of hydrogen-bond acceptors (Lipinski definition) is 9. The molecule has 5 N–H and O–H groups in total. The molecule has 4 aromatic rings. The molecule has 15 heteroatoms. The zero-order chi connectivity index (χ0) is 37.7. The largest absolute Gasteiger partial charge is 0.444 e. The Balaban J connectivity index is 1.40. The predicted molar refractivity (Wildman–Crippen MR) is 197 cm³/mol. The molecular weight excluding hydrogens is 690 g/mol. The molecule has 0 atom stereocenters. The van der Waals surface area contributed by atoms with Gasteiger partial charge in [-0.15, -0.1) is 0 Å². The number of aromatic nitrogens is 2. The van der Waals surface area contributed by atoms with E-state index in [0.717, 1.165) is 5.56 Å². The number of anilines is 1. The van der Waals surface area contributed by atoms with Gasteiger partial charge in [0.25, 0.3) is 11.5 Å². The summed E-state index contributed by atoms with van der Waals surface area (Å²) in [5, 5.41) is 5.00. The normalized spacial score (nSPS) is 11.3. The van der Waals surface area contributed by atoms with E-state index in [2.05, 4.69) is 25.6 Å². The Morgan fingerprint density at radius 3 is 2.21 bits per heavy atom. The van der Waals surface area contributed by atoms with Crippen LogP contribution in [0.25, 0.3) is 11.3 Å². The van der Waals surface area contributed by atoms with Gasteiger partial charge in [-0.2, -0.15) is 4.99 Å². The Morgan fingerprint density at radius 2 is 1.56 bits per heavy atom. The summed E-state index contributed by atoms with van der Waals surface area (Å²) in [6.45, 7) is 5.34. The number of ether oxygens (including phenoxy) is 2. The third kappa shape index (κ3) is 12.1. The third-order valence-electron chi connectivity index (χ3n) is 7.18.